The Hall–Kier alpha value is -0.610. The maximum Gasteiger partial charge on any atom is 0.182 e. The van der Waals surface area contributed by atoms with Crippen LogP contribution in [-0.2, 0) is 9.47 Å². The van der Waals surface area contributed by atoms with Crippen LogP contribution in [0.1, 0.15) is 33.6 Å². The van der Waals surface area contributed by atoms with Gasteiger partial charge in [-0.25, -0.2) is 0 Å². The van der Waals surface area contributed by atoms with Gasteiger partial charge < -0.3 is 14.6 Å². The maximum absolute atomic E-state index is 8.94. The molecule has 0 fully saturated rings. The van der Waals surface area contributed by atoms with Crippen LogP contribution in [-0.4, -0.2) is 36.4 Å². The molecule has 0 spiro atoms. The smallest absolute Gasteiger partial charge is 0.182 e. The van der Waals surface area contributed by atoms with Crippen LogP contribution >= 0.6 is 0 Å². The molecule has 2 N–H and O–H groups in total. The van der Waals surface area contributed by atoms with E-state index >= 15 is 0 Å². The van der Waals surface area contributed by atoms with E-state index in [1.165, 1.54) is 0 Å². The fraction of sp³-hybridized carbons (Fsp3) is 0.900. The molecule has 0 heterocycles. The van der Waals surface area contributed by atoms with E-state index in [0.717, 1.165) is 0 Å². The highest BCUT2D eigenvalue weighted by Crippen LogP contribution is 1.96. The van der Waals surface area contributed by atoms with Crippen LogP contribution in [0.4, 0.5) is 0 Å². The Labute approximate surface area is 85.7 Å². The van der Waals surface area contributed by atoms with Crippen molar-refractivity contribution in [1.82, 2.24) is 0 Å². The quantitative estimate of drug-likeness (QED) is 0.487. The molecule has 0 aromatic heterocycles. The molecule has 84 valence electrons. The normalized spacial score (nSPS) is 12.9. The Balaban J connectivity index is 3.28. The SMILES string of the molecule is CC(O)CCOC(=N)CCOC(C)C. The van der Waals surface area contributed by atoms with Gasteiger partial charge in [0.1, 0.15) is 0 Å². The van der Waals surface area contributed by atoms with Gasteiger partial charge in [0.2, 0.25) is 0 Å². The molecule has 0 saturated carbocycles. The molecule has 0 aromatic rings. The Morgan fingerprint density at radius 1 is 1.29 bits per heavy atom. The molecule has 0 bridgehead atoms. The van der Waals surface area contributed by atoms with Crippen molar-refractivity contribution in [2.45, 2.75) is 45.8 Å². The van der Waals surface area contributed by atoms with E-state index in [1.807, 2.05) is 13.8 Å². The number of hydrogen-bond acceptors (Lipinski definition) is 4. The third-order valence-corrected chi connectivity index (χ3v) is 1.59. The highest BCUT2D eigenvalue weighted by atomic mass is 16.5. The maximum atomic E-state index is 8.94. The van der Waals surface area contributed by atoms with Crippen LogP contribution in [0.5, 0.6) is 0 Å². The summed E-state index contributed by atoms with van der Waals surface area (Å²) in [5.41, 5.74) is 0. The highest BCUT2D eigenvalue weighted by Gasteiger charge is 2.01. The molecular formula is C10H21NO3. The lowest BCUT2D eigenvalue weighted by Crippen LogP contribution is -2.13. The fourth-order valence-corrected chi connectivity index (χ4v) is 0.812. The van der Waals surface area contributed by atoms with Gasteiger partial charge in [-0.15, -0.1) is 0 Å². The molecule has 0 radical (unpaired) electrons. The first-order valence-corrected chi connectivity index (χ1v) is 5.02. The number of hydrogen-bond donors (Lipinski definition) is 2. The minimum atomic E-state index is -0.366. The molecule has 0 amide bonds. The predicted molar refractivity (Wildman–Crippen MR) is 55.7 cm³/mol. The molecule has 4 nitrogen and oxygen atoms in total. The van der Waals surface area contributed by atoms with Crippen molar-refractivity contribution in [1.29, 1.82) is 5.41 Å². The van der Waals surface area contributed by atoms with Crippen LogP contribution in [0, 0.1) is 5.41 Å². The van der Waals surface area contributed by atoms with Crippen LogP contribution < -0.4 is 0 Å². The summed E-state index contributed by atoms with van der Waals surface area (Å²) in [7, 11) is 0. The van der Waals surface area contributed by atoms with Crippen LogP contribution in [0.3, 0.4) is 0 Å². The second kappa shape index (κ2) is 7.76. The molecule has 1 atom stereocenters. The third-order valence-electron chi connectivity index (χ3n) is 1.59. The summed E-state index contributed by atoms with van der Waals surface area (Å²) in [4.78, 5) is 0. The minimum absolute atomic E-state index is 0.195. The van der Waals surface area contributed by atoms with E-state index in [1.54, 1.807) is 6.92 Å². The van der Waals surface area contributed by atoms with Crippen molar-refractivity contribution >= 4 is 5.90 Å². The topological polar surface area (TPSA) is 62.5 Å². The first-order chi connectivity index (χ1) is 6.52. The number of aliphatic hydroxyl groups excluding tert-OH is 1. The fourth-order valence-electron chi connectivity index (χ4n) is 0.812. The van der Waals surface area contributed by atoms with E-state index < -0.39 is 0 Å². The summed E-state index contributed by atoms with van der Waals surface area (Å²) < 4.78 is 10.3. The largest absolute Gasteiger partial charge is 0.481 e. The average molecular weight is 203 g/mol. The monoisotopic (exact) mass is 203 g/mol. The van der Waals surface area contributed by atoms with Gasteiger partial charge in [0.15, 0.2) is 5.90 Å². The summed E-state index contributed by atoms with van der Waals surface area (Å²) in [6, 6.07) is 0. The Morgan fingerprint density at radius 2 is 1.93 bits per heavy atom. The first-order valence-electron chi connectivity index (χ1n) is 5.02. The molecule has 1 unspecified atom stereocenters. The molecular weight excluding hydrogens is 182 g/mol. The standard InChI is InChI=1S/C10H21NO3/c1-8(2)13-7-5-10(11)14-6-4-9(3)12/h8-9,11-12H,4-7H2,1-3H3. The number of ether oxygens (including phenoxy) is 2. The third kappa shape index (κ3) is 9.48. The van der Waals surface area contributed by atoms with Crippen LogP contribution in [0.2, 0.25) is 0 Å². The molecule has 0 saturated heterocycles. The molecule has 0 rings (SSSR count). The summed E-state index contributed by atoms with van der Waals surface area (Å²) in [5.74, 6) is 0.228. The van der Waals surface area contributed by atoms with Crippen LogP contribution in [0.15, 0.2) is 0 Å². The molecule has 4 heteroatoms. The second-order valence-corrected chi connectivity index (χ2v) is 3.58. The number of nitrogens with one attached hydrogen (secondary N) is 1. The van der Waals surface area contributed by atoms with Crippen LogP contribution in [0.25, 0.3) is 0 Å². The van der Waals surface area contributed by atoms with Gasteiger partial charge in [0.05, 0.1) is 25.4 Å². The van der Waals surface area contributed by atoms with Gasteiger partial charge in [-0.1, -0.05) is 0 Å². The van der Waals surface area contributed by atoms with Crippen molar-refractivity contribution in [2.24, 2.45) is 0 Å². The van der Waals surface area contributed by atoms with Crippen molar-refractivity contribution in [3.63, 3.8) is 0 Å². The summed E-state index contributed by atoms with van der Waals surface area (Å²) in [5, 5.41) is 16.3. The Morgan fingerprint density at radius 3 is 2.43 bits per heavy atom. The zero-order chi connectivity index (χ0) is 11.0. The summed E-state index contributed by atoms with van der Waals surface area (Å²) in [6.45, 7) is 6.54. The first kappa shape index (κ1) is 13.4. The van der Waals surface area contributed by atoms with Crippen molar-refractivity contribution < 1.29 is 14.6 Å². The zero-order valence-electron chi connectivity index (χ0n) is 9.25. The molecule has 0 aromatic carbocycles. The van der Waals surface area contributed by atoms with Gasteiger partial charge in [-0.05, 0) is 20.8 Å². The van der Waals surface area contributed by atoms with Gasteiger partial charge in [0, 0.05) is 12.8 Å². The molecule has 0 aliphatic heterocycles. The van der Waals surface area contributed by atoms with Crippen molar-refractivity contribution in [2.75, 3.05) is 13.2 Å². The van der Waals surface area contributed by atoms with E-state index in [9.17, 15) is 0 Å². The average Bonchev–Trinajstić information content (AvgIpc) is 2.02. The van der Waals surface area contributed by atoms with E-state index in [-0.39, 0.29) is 18.1 Å². The lowest BCUT2D eigenvalue weighted by Gasteiger charge is -2.10. The number of aliphatic hydroxyl groups is 1. The van der Waals surface area contributed by atoms with E-state index in [2.05, 4.69) is 0 Å². The zero-order valence-corrected chi connectivity index (χ0v) is 9.25. The lowest BCUT2D eigenvalue weighted by atomic mass is 10.3. The Kier molecular flexibility index (Phi) is 7.42. The van der Waals surface area contributed by atoms with Gasteiger partial charge in [0.25, 0.3) is 0 Å². The molecule has 14 heavy (non-hydrogen) atoms. The summed E-state index contributed by atoms with van der Waals surface area (Å²) in [6.07, 6.45) is 0.890. The highest BCUT2D eigenvalue weighted by molar-refractivity contribution is 5.72. The second-order valence-electron chi connectivity index (χ2n) is 3.58. The number of rotatable bonds is 7. The van der Waals surface area contributed by atoms with Crippen molar-refractivity contribution in [3.05, 3.63) is 0 Å². The Bertz CT molecular complexity index is 141. The van der Waals surface area contributed by atoms with E-state index in [0.29, 0.717) is 26.1 Å². The van der Waals surface area contributed by atoms with Gasteiger partial charge in [-0.2, -0.15) is 0 Å². The lowest BCUT2D eigenvalue weighted by molar-refractivity contribution is 0.0803. The molecule has 0 aliphatic carbocycles. The predicted octanol–water partition coefficient (Wildman–Crippen LogP) is 1.57. The van der Waals surface area contributed by atoms with E-state index in [4.69, 9.17) is 20.0 Å². The minimum Gasteiger partial charge on any atom is -0.481 e. The summed E-state index contributed by atoms with van der Waals surface area (Å²) >= 11 is 0. The molecule has 0 aliphatic rings. The van der Waals surface area contributed by atoms with Gasteiger partial charge in [-0.3, -0.25) is 5.41 Å². The van der Waals surface area contributed by atoms with Gasteiger partial charge >= 0.3 is 0 Å². The van der Waals surface area contributed by atoms with Crippen molar-refractivity contribution in [3.8, 4) is 0 Å².